The van der Waals surface area contributed by atoms with Gasteiger partial charge in [-0.25, -0.2) is 0 Å². The van der Waals surface area contributed by atoms with Crippen molar-refractivity contribution >= 4 is 5.91 Å². The van der Waals surface area contributed by atoms with Gasteiger partial charge in [0, 0.05) is 38.3 Å². The molecule has 1 amide bonds. The molecule has 1 fully saturated rings. The molecule has 3 heterocycles. The van der Waals surface area contributed by atoms with Crippen molar-refractivity contribution in [3.8, 4) is 11.6 Å². The molecular weight excluding hydrogens is 388 g/mol. The van der Waals surface area contributed by atoms with E-state index in [0.717, 1.165) is 63.7 Å². The van der Waals surface area contributed by atoms with Crippen LogP contribution in [-0.4, -0.2) is 58.1 Å². The van der Waals surface area contributed by atoms with Crippen molar-refractivity contribution < 1.29 is 9.53 Å². The van der Waals surface area contributed by atoms with Gasteiger partial charge in [0.15, 0.2) is 5.69 Å². The van der Waals surface area contributed by atoms with Crippen LogP contribution < -0.4 is 4.74 Å². The number of carbonyl (C=O) groups excluding carboxylic acids is 1. The van der Waals surface area contributed by atoms with Crippen LogP contribution >= 0.6 is 0 Å². The highest BCUT2D eigenvalue weighted by molar-refractivity contribution is 5.92. The lowest BCUT2D eigenvalue weighted by molar-refractivity contribution is 0.0756. The number of amides is 1. The number of carbonyl (C=O) groups is 1. The summed E-state index contributed by atoms with van der Waals surface area (Å²) in [5, 5.41) is 8.29. The molecule has 3 aliphatic rings. The summed E-state index contributed by atoms with van der Waals surface area (Å²) in [5.41, 5.74) is 3.16. The minimum atomic E-state index is -0.0659. The predicted octanol–water partition coefficient (Wildman–Crippen LogP) is 4.01. The maximum Gasteiger partial charge on any atom is 0.274 e. The van der Waals surface area contributed by atoms with Crippen LogP contribution in [0, 0.1) is 0 Å². The summed E-state index contributed by atoms with van der Waals surface area (Å²) in [7, 11) is 0. The normalized spacial score (nSPS) is 19.8. The van der Waals surface area contributed by atoms with Crippen LogP contribution in [0.25, 0.3) is 0 Å². The van der Waals surface area contributed by atoms with Gasteiger partial charge in [-0.15, -0.1) is 10.2 Å². The first-order valence-corrected chi connectivity index (χ1v) is 11.6. The third-order valence-electron chi connectivity index (χ3n) is 6.77. The van der Waals surface area contributed by atoms with Crippen LogP contribution in [0.2, 0.25) is 0 Å². The number of hydrogen-bond acceptors (Lipinski definition) is 5. The molecule has 6 nitrogen and oxygen atoms in total. The molecule has 5 rings (SSSR count). The number of rotatable bonds is 4. The minimum Gasteiger partial charge on any atom is -0.438 e. The van der Waals surface area contributed by atoms with E-state index in [2.05, 4.69) is 39.4 Å². The van der Waals surface area contributed by atoms with Crippen LogP contribution in [0.3, 0.4) is 0 Å². The molecule has 0 saturated heterocycles. The summed E-state index contributed by atoms with van der Waals surface area (Å²) in [6.07, 6.45) is 12.3. The van der Waals surface area contributed by atoms with E-state index >= 15 is 0 Å². The topological polar surface area (TPSA) is 58.6 Å². The van der Waals surface area contributed by atoms with E-state index in [1.54, 1.807) is 12.1 Å². The zero-order chi connectivity index (χ0) is 21.0. The molecular formula is C25H30N4O2. The molecule has 1 aromatic carbocycles. The fraction of sp³-hybridized carbons (Fsp3) is 0.480. The van der Waals surface area contributed by atoms with Gasteiger partial charge in [0.25, 0.3) is 5.91 Å². The predicted molar refractivity (Wildman–Crippen MR) is 119 cm³/mol. The Bertz CT molecular complexity index is 942. The lowest BCUT2D eigenvalue weighted by Gasteiger charge is -2.36. The van der Waals surface area contributed by atoms with Crippen LogP contribution in [-0.2, 0) is 12.8 Å². The summed E-state index contributed by atoms with van der Waals surface area (Å²) in [5.74, 6) is 1.13. The fourth-order valence-electron chi connectivity index (χ4n) is 4.68. The van der Waals surface area contributed by atoms with Gasteiger partial charge in [0.2, 0.25) is 5.88 Å². The third kappa shape index (κ3) is 4.64. The van der Waals surface area contributed by atoms with Gasteiger partial charge in [-0.3, -0.25) is 9.69 Å². The van der Waals surface area contributed by atoms with Crippen molar-refractivity contribution in [2.45, 2.75) is 51.0 Å². The summed E-state index contributed by atoms with van der Waals surface area (Å²) >= 11 is 0. The summed E-state index contributed by atoms with van der Waals surface area (Å²) in [6.45, 7) is 3.74. The van der Waals surface area contributed by atoms with Gasteiger partial charge in [-0.05, 0) is 67.9 Å². The Morgan fingerprint density at radius 2 is 1.68 bits per heavy atom. The molecule has 2 aromatic rings. The Hall–Kier alpha value is -2.73. The number of benzene rings is 1. The van der Waals surface area contributed by atoms with Crippen molar-refractivity contribution in [2.75, 3.05) is 26.2 Å². The van der Waals surface area contributed by atoms with Crippen LogP contribution in [0.1, 0.15) is 53.7 Å². The highest BCUT2D eigenvalue weighted by atomic mass is 16.5. The first-order valence-electron chi connectivity index (χ1n) is 11.6. The van der Waals surface area contributed by atoms with Crippen molar-refractivity contribution in [1.29, 1.82) is 0 Å². The second-order valence-electron chi connectivity index (χ2n) is 8.75. The van der Waals surface area contributed by atoms with Crippen LogP contribution in [0.15, 0.2) is 42.5 Å². The number of fused-ring (bicyclic) bond motifs is 1. The summed E-state index contributed by atoms with van der Waals surface area (Å²) in [6, 6.07) is 10.6. The number of aromatic nitrogens is 2. The Morgan fingerprint density at radius 3 is 2.35 bits per heavy atom. The van der Waals surface area contributed by atoms with Crippen molar-refractivity contribution in [2.24, 2.45) is 0 Å². The van der Waals surface area contributed by atoms with Gasteiger partial charge in [0.05, 0.1) is 0 Å². The molecule has 0 bridgehead atoms. The monoisotopic (exact) mass is 418 g/mol. The van der Waals surface area contributed by atoms with Crippen LogP contribution in [0.5, 0.6) is 11.6 Å². The Labute approximate surface area is 183 Å². The maximum absolute atomic E-state index is 12.7. The molecule has 1 saturated carbocycles. The van der Waals surface area contributed by atoms with Crippen molar-refractivity contribution in [1.82, 2.24) is 20.0 Å². The first-order chi connectivity index (χ1) is 15.3. The van der Waals surface area contributed by atoms with E-state index in [0.29, 0.717) is 11.6 Å². The van der Waals surface area contributed by atoms with E-state index < -0.39 is 0 Å². The average Bonchev–Trinajstić information content (AvgIpc) is 3.14. The number of hydrogen-bond donors (Lipinski definition) is 0. The number of ether oxygens (including phenoxy) is 1. The standard InChI is InChI=1S/C25H30N4O2/c30-25(29-14-3-1-2-4-15-29)23-10-11-24(27-26-23)31-22-9-8-19-12-16-28(21-6-5-7-21)17-13-20(19)18-22/h1-2,8-11,18,21H,3-7,12-17H2. The Morgan fingerprint density at radius 1 is 0.903 bits per heavy atom. The van der Waals surface area contributed by atoms with E-state index in [1.165, 1.54) is 30.4 Å². The quantitative estimate of drug-likeness (QED) is 0.702. The fourth-order valence-corrected chi connectivity index (χ4v) is 4.68. The van der Waals surface area contributed by atoms with Gasteiger partial charge in [0.1, 0.15) is 5.75 Å². The number of nitrogens with zero attached hydrogens (tertiary/aromatic N) is 4. The average molecular weight is 419 g/mol. The van der Waals surface area contributed by atoms with Gasteiger partial charge < -0.3 is 9.64 Å². The molecule has 0 radical (unpaired) electrons. The van der Waals surface area contributed by atoms with Gasteiger partial charge in [-0.1, -0.05) is 24.6 Å². The Kier molecular flexibility index (Phi) is 5.98. The van der Waals surface area contributed by atoms with Crippen molar-refractivity contribution in [3.05, 3.63) is 59.3 Å². The van der Waals surface area contributed by atoms with Gasteiger partial charge >= 0.3 is 0 Å². The zero-order valence-electron chi connectivity index (χ0n) is 18.0. The highest BCUT2D eigenvalue weighted by Gasteiger charge is 2.26. The molecule has 0 unspecified atom stereocenters. The summed E-state index contributed by atoms with van der Waals surface area (Å²) < 4.78 is 5.97. The molecule has 2 aliphatic heterocycles. The third-order valence-corrected chi connectivity index (χ3v) is 6.77. The van der Waals surface area contributed by atoms with E-state index in [-0.39, 0.29) is 5.91 Å². The molecule has 0 N–H and O–H groups in total. The largest absolute Gasteiger partial charge is 0.438 e. The molecule has 1 aliphatic carbocycles. The van der Waals surface area contributed by atoms with E-state index in [9.17, 15) is 4.79 Å². The highest BCUT2D eigenvalue weighted by Crippen LogP contribution is 2.29. The second kappa shape index (κ2) is 9.18. The lowest BCUT2D eigenvalue weighted by Crippen LogP contribution is -2.41. The smallest absolute Gasteiger partial charge is 0.274 e. The molecule has 1 aromatic heterocycles. The van der Waals surface area contributed by atoms with Gasteiger partial charge in [-0.2, -0.15) is 0 Å². The van der Waals surface area contributed by atoms with Crippen LogP contribution in [0.4, 0.5) is 0 Å². The molecule has 31 heavy (non-hydrogen) atoms. The maximum atomic E-state index is 12.7. The van der Waals surface area contributed by atoms with E-state index in [1.807, 2.05) is 11.0 Å². The van der Waals surface area contributed by atoms with E-state index in [4.69, 9.17) is 4.74 Å². The molecule has 0 spiro atoms. The summed E-state index contributed by atoms with van der Waals surface area (Å²) in [4.78, 5) is 17.2. The SMILES string of the molecule is O=C(c1ccc(Oc2ccc3c(c2)CCN(C2CCC2)CC3)nn1)N1CCC=CCC1. The molecule has 0 atom stereocenters. The minimum absolute atomic E-state index is 0.0659. The first kappa shape index (κ1) is 20.2. The second-order valence-corrected chi connectivity index (χ2v) is 8.75. The van der Waals surface area contributed by atoms with Crippen molar-refractivity contribution in [3.63, 3.8) is 0 Å². The molecule has 162 valence electrons. The Balaban J connectivity index is 1.22. The molecule has 6 heteroatoms. The zero-order valence-corrected chi connectivity index (χ0v) is 18.0. The lowest BCUT2D eigenvalue weighted by atomic mass is 9.91.